The number of aromatic nitrogens is 9. The number of nitrogens with zero attached hydrogens (tertiary/aromatic N) is 10. The molecule has 2 aliphatic carbocycles. The number of methoxy groups -OCH3 is 1. The zero-order chi connectivity index (χ0) is 32.4. The molecule has 1 amide bonds. The lowest BCUT2D eigenvalue weighted by Gasteiger charge is -2.15. The van der Waals surface area contributed by atoms with E-state index in [0.717, 1.165) is 43.1 Å². The molecule has 1 aromatic carbocycles. The van der Waals surface area contributed by atoms with Gasteiger partial charge in [0.15, 0.2) is 17.0 Å². The molecule has 3 aliphatic rings. The molecule has 2 fully saturated rings. The Kier molecular flexibility index (Phi) is 6.74. The van der Waals surface area contributed by atoms with Crippen LogP contribution in [-0.4, -0.2) is 57.3 Å². The Hall–Kier alpha value is -5.34. The van der Waals surface area contributed by atoms with Crippen molar-refractivity contribution in [2.24, 2.45) is 12.0 Å². The van der Waals surface area contributed by atoms with E-state index < -0.39 is 23.7 Å². The lowest BCUT2D eigenvalue weighted by Crippen LogP contribution is -2.40. The first-order valence-electron chi connectivity index (χ1n) is 15.2. The van der Waals surface area contributed by atoms with Crippen LogP contribution in [0.4, 0.5) is 13.2 Å². The molecule has 47 heavy (non-hydrogen) atoms. The Morgan fingerprint density at radius 3 is 2.43 bits per heavy atom. The Morgan fingerprint density at radius 2 is 1.77 bits per heavy atom. The molecule has 12 nitrogen and oxygen atoms in total. The van der Waals surface area contributed by atoms with E-state index in [9.17, 15) is 18.0 Å². The van der Waals surface area contributed by atoms with Gasteiger partial charge in [-0.05, 0) is 31.2 Å². The molecule has 1 unspecified atom stereocenters. The van der Waals surface area contributed by atoms with Crippen LogP contribution in [-0.2, 0) is 24.4 Å². The molecule has 2 saturated carbocycles. The molecule has 15 heteroatoms. The second-order valence-electron chi connectivity index (χ2n) is 11.9. The summed E-state index contributed by atoms with van der Waals surface area (Å²) >= 11 is 0. The van der Waals surface area contributed by atoms with Crippen molar-refractivity contribution in [3.05, 3.63) is 82.3 Å². The summed E-state index contributed by atoms with van der Waals surface area (Å²) in [5.74, 6) is 0.343. The third-order valence-electron chi connectivity index (χ3n) is 8.61. The van der Waals surface area contributed by atoms with Gasteiger partial charge in [-0.2, -0.15) is 23.3 Å². The predicted octanol–water partition coefficient (Wildman–Crippen LogP) is 3.48. The maximum atomic E-state index is 13.5. The summed E-state index contributed by atoms with van der Waals surface area (Å²) in [4.78, 5) is 44.4. The fourth-order valence-electron chi connectivity index (χ4n) is 5.94. The van der Waals surface area contributed by atoms with Crippen molar-refractivity contribution in [1.82, 2.24) is 44.3 Å². The van der Waals surface area contributed by atoms with Gasteiger partial charge in [-0.1, -0.05) is 30.3 Å². The Bertz CT molecular complexity index is 2170. The van der Waals surface area contributed by atoms with Crippen molar-refractivity contribution in [1.29, 1.82) is 0 Å². The number of carbonyl (C=O) groups is 1. The van der Waals surface area contributed by atoms with Crippen molar-refractivity contribution in [2.45, 2.75) is 56.2 Å². The summed E-state index contributed by atoms with van der Waals surface area (Å²) in [5, 5.41) is 4.69. The van der Waals surface area contributed by atoms with E-state index in [1.165, 1.54) is 24.4 Å². The molecule has 5 aromatic rings. The van der Waals surface area contributed by atoms with E-state index in [2.05, 4.69) is 30.0 Å². The largest absolute Gasteiger partial charge is 0.480 e. The molecule has 1 atom stereocenters. The second kappa shape index (κ2) is 10.9. The van der Waals surface area contributed by atoms with Gasteiger partial charge in [-0.3, -0.25) is 9.48 Å². The minimum absolute atomic E-state index is 0.0163. The molecule has 1 aliphatic heterocycles. The first-order chi connectivity index (χ1) is 22.7. The quantitative estimate of drug-likeness (QED) is 0.250. The number of ether oxygens (including phenoxy) is 1. The number of aryl methyl sites for hydroxylation is 1. The van der Waals surface area contributed by atoms with Gasteiger partial charge in [0.25, 0.3) is 5.91 Å². The molecule has 0 saturated heterocycles. The van der Waals surface area contributed by atoms with E-state index in [-0.39, 0.29) is 23.3 Å². The third kappa shape index (κ3) is 5.34. The fourth-order valence-corrected chi connectivity index (χ4v) is 5.94. The van der Waals surface area contributed by atoms with Crippen LogP contribution in [0.3, 0.4) is 0 Å². The molecule has 238 valence electrons. The molecule has 5 heterocycles. The zero-order valence-electron chi connectivity index (χ0n) is 25.3. The topological polar surface area (TPSA) is 139 Å². The minimum Gasteiger partial charge on any atom is -0.480 e. The lowest BCUT2D eigenvalue weighted by atomic mass is 10.0. The number of benzene rings is 1. The molecule has 0 spiro atoms. The molecular weight excluding hydrogens is 613 g/mol. The maximum absolute atomic E-state index is 13.5. The van der Waals surface area contributed by atoms with Crippen molar-refractivity contribution >= 4 is 12.0 Å². The van der Waals surface area contributed by atoms with Crippen LogP contribution in [0.5, 0.6) is 5.88 Å². The highest BCUT2D eigenvalue weighted by atomic mass is 19.4. The molecule has 8 rings (SSSR count). The van der Waals surface area contributed by atoms with Crippen LogP contribution in [0, 0.1) is 0 Å². The standard InChI is InChI=1S/C32H27F3N10O2/c1-44-29(37-15-39-44)21-12-20-22(11-16-3-5-18(6-4-16)28-41-23(32(33,34)35)13-45(28)19-9-10-19)40-27(42-26(20)43-30(21)46)24-25(17-7-8-17)36-14-38-31(24)47-2/h3-6,12-15,17,19,21H,7-11H2,1-2H3. The first kappa shape index (κ1) is 29.1. The van der Waals surface area contributed by atoms with Crippen molar-refractivity contribution in [3.8, 4) is 28.7 Å². The fraction of sp³-hybridized carbons (Fsp3) is 0.344. The van der Waals surface area contributed by atoms with Gasteiger partial charge in [-0.15, -0.1) is 0 Å². The molecular formula is C32H27F3N10O2. The molecule has 4 aromatic heterocycles. The average molecular weight is 641 g/mol. The normalized spacial score (nSPS) is 17.6. The van der Waals surface area contributed by atoms with Crippen LogP contribution >= 0.6 is 0 Å². The van der Waals surface area contributed by atoms with E-state index >= 15 is 0 Å². The van der Waals surface area contributed by atoms with Gasteiger partial charge in [-0.25, -0.2) is 29.9 Å². The number of alkyl halides is 3. The summed E-state index contributed by atoms with van der Waals surface area (Å²) in [6.07, 6.45) is 5.04. The maximum Gasteiger partial charge on any atom is 0.434 e. The smallest absolute Gasteiger partial charge is 0.434 e. The number of carbonyl (C=O) groups excluding carboxylic acids is 1. The van der Waals surface area contributed by atoms with Gasteiger partial charge in [0, 0.05) is 42.4 Å². The lowest BCUT2D eigenvalue weighted by molar-refractivity contribution is -0.140. The second-order valence-corrected chi connectivity index (χ2v) is 11.9. The van der Waals surface area contributed by atoms with Crippen molar-refractivity contribution in [2.75, 3.05) is 7.11 Å². The summed E-state index contributed by atoms with van der Waals surface area (Å²) < 4.78 is 49.3. The first-order valence-corrected chi connectivity index (χ1v) is 15.2. The van der Waals surface area contributed by atoms with Crippen LogP contribution in [0.1, 0.15) is 72.0 Å². The number of halogens is 3. The number of rotatable bonds is 8. The minimum atomic E-state index is -4.53. The average Bonchev–Trinajstić information content (AvgIpc) is 3.99. The highest BCUT2D eigenvalue weighted by molar-refractivity contribution is 5.90. The van der Waals surface area contributed by atoms with E-state index in [1.807, 2.05) is 12.1 Å². The number of hydrogen-bond donors (Lipinski definition) is 0. The number of imidazole rings is 1. The summed E-state index contributed by atoms with van der Waals surface area (Å²) in [6.45, 7) is 0. The molecule has 0 bridgehead atoms. The van der Waals surface area contributed by atoms with Gasteiger partial charge in [0.05, 0.1) is 18.5 Å². The Balaban J connectivity index is 1.23. The SMILES string of the molecule is COc1ncnc(C2CC2)c1-c1nc(Cc2ccc(-c3nc(C(F)(F)F)cn3C3CC3)cc2)c2c(n1)=NC(=O)C(c1ncnn1C)C=2. The van der Waals surface area contributed by atoms with Gasteiger partial charge < -0.3 is 9.30 Å². The van der Waals surface area contributed by atoms with E-state index in [4.69, 9.17) is 14.7 Å². The molecule has 0 N–H and O–H groups in total. The Morgan fingerprint density at radius 1 is 0.979 bits per heavy atom. The summed E-state index contributed by atoms with van der Waals surface area (Å²) in [7, 11) is 3.22. The highest BCUT2D eigenvalue weighted by Gasteiger charge is 2.38. The van der Waals surface area contributed by atoms with E-state index in [0.29, 0.717) is 46.0 Å². The monoisotopic (exact) mass is 640 g/mol. The van der Waals surface area contributed by atoms with Crippen molar-refractivity contribution < 1.29 is 22.7 Å². The number of fused-ring (bicyclic) bond motifs is 1. The van der Waals surface area contributed by atoms with E-state index in [1.54, 1.807) is 29.8 Å². The van der Waals surface area contributed by atoms with Gasteiger partial charge >= 0.3 is 6.18 Å². The third-order valence-corrected chi connectivity index (χ3v) is 8.61. The molecule has 0 radical (unpaired) electrons. The van der Waals surface area contributed by atoms with Crippen LogP contribution < -0.4 is 15.4 Å². The van der Waals surface area contributed by atoms with Crippen LogP contribution in [0.2, 0.25) is 0 Å². The van der Waals surface area contributed by atoms with Crippen molar-refractivity contribution in [3.63, 3.8) is 0 Å². The van der Waals surface area contributed by atoms with Gasteiger partial charge in [0.1, 0.15) is 35.8 Å². The predicted molar refractivity (Wildman–Crippen MR) is 159 cm³/mol. The summed E-state index contributed by atoms with van der Waals surface area (Å²) in [6, 6.07) is 7.24. The highest BCUT2D eigenvalue weighted by Crippen LogP contribution is 2.45. The van der Waals surface area contributed by atoms with Crippen LogP contribution in [0.15, 0.2) is 48.1 Å². The zero-order valence-corrected chi connectivity index (χ0v) is 25.3. The number of amides is 1. The van der Waals surface area contributed by atoms with Gasteiger partial charge in [0.2, 0.25) is 5.88 Å². The summed E-state index contributed by atoms with van der Waals surface area (Å²) in [5.41, 5.74) is 2.65. The Labute approximate surface area is 265 Å². The number of hydrogen-bond acceptors (Lipinski definition) is 9. The van der Waals surface area contributed by atoms with Crippen LogP contribution in [0.25, 0.3) is 28.9 Å².